The number of nitrogens with one attached hydrogen (secondary N) is 2. The minimum atomic E-state index is -0.294. The summed E-state index contributed by atoms with van der Waals surface area (Å²) < 4.78 is 10.7. The van der Waals surface area contributed by atoms with Gasteiger partial charge in [-0.15, -0.1) is 10.2 Å². The third-order valence-corrected chi connectivity index (χ3v) is 4.46. The van der Waals surface area contributed by atoms with E-state index in [2.05, 4.69) is 20.8 Å². The number of hydrogen-bond donors (Lipinski definition) is 2. The average Bonchev–Trinajstić information content (AvgIpc) is 3.13. The fourth-order valence-electron chi connectivity index (χ4n) is 3.20. The molecule has 1 amide bonds. The number of benzene rings is 2. The molecule has 7 nitrogen and oxygen atoms in total. The smallest absolute Gasteiger partial charge is 0.276 e. The minimum Gasteiger partial charge on any atom is -0.454 e. The summed E-state index contributed by atoms with van der Waals surface area (Å²) in [5.74, 6) is 1.62. The maximum absolute atomic E-state index is 12.5. The molecule has 0 radical (unpaired) electrons. The van der Waals surface area contributed by atoms with E-state index in [4.69, 9.17) is 9.47 Å². The van der Waals surface area contributed by atoms with Crippen LogP contribution in [-0.4, -0.2) is 22.9 Å². The molecule has 3 aromatic rings. The number of hydrogen-bond acceptors (Lipinski definition) is 6. The highest BCUT2D eigenvalue weighted by Crippen LogP contribution is 2.34. The monoisotopic (exact) mass is 376 g/mol. The van der Waals surface area contributed by atoms with Crippen molar-refractivity contribution in [1.29, 1.82) is 0 Å². The van der Waals surface area contributed by atoms with Crippen molar-refractivity contribution in [3.63, 3.8) is 0 Å². The van der Waals surface area contributed by atoms with Crippen molar-refractivity contribution in [1.82, 2.24) is 10.2 Å². The van der Waals surface area contributed by atoms with Crippen molar-refractivity contribution in [2.45, 2.75) is 20.8 Å². The summed E-state index contributed by atoms with van der Waals surface area (Å²) in [7, 11) is 0. The molecule has 1 aliphatic heterocycles. The number of nitrogens with zero attached hydrogens (tertiary/aromatic N) is 2. The Balaban J connectivity index is 1.46. The Kier molecular flexibility index (Phi) is 4.57. The number of rotatable bonds is 4. The van der Waals surface area contributed by atoms with Gasteiger partial charge in [-0.1, -0.05) is 17.7 Å². The van der Waals surface area contributed by atoms with Crippen LogP contribution in [-0.2, 0) is 0 Å². The van der Waals surface area contributed by atoms with Gasteiger partial charge in [-0.2, -0.15) is 0 Å². The second kappa shape index (κ2) is 7.19. The number of aryl methyl sites for hydroxylation is 3. The van der Waals surface area contributed by atoms with Gasteiger partial charge in [-0.05, 0) is 56.2 Å². The molecule has 0 saturated heterocycles. The molecule has 28 heavy (non-hydrogen) atoms. The maximum atomic E-state index is 12.5. The molecule has 142 valence electrons. The van der Waals surface area contributed by atoms with Crippen molar-refractivity contribution in [2.75, 3.05) is 17.4 Å². The lowest BCUT2D eigenvalue weighted by Gasteiger charge is -2.12. The fourth-order valence-corrected chi connectivity index (χ4v) is 3.20. The average molecular weight is 376 g/mol. The Hall–Kier alpha value is -3.61. The van der Waals surface area contributed by atoms with Gasteiger partial charge in [-0.3, -0.25) is 4.79 Å². The van der Waals surface area contributed by atoms with Crippen molar-refractivity contribution >= 4 is 23.1 Å². The van der Waals surface area contributed by atoms with Crippen LogP contribution >= 0.6 is 0 Å². The number of ether oxygens (including phenoxy) is 2. The first-order valence-electron chi connectivity index (χ1n) is 8.89. The van der Waals surface area contributed by atoms with Crippen LogP contribution in [0, 0.1) is 20.8 Å². The zero-order chi connectivity index (χ0) is 19.7. The molecule has 7 heteroatoms. The third-order valence-electron chi connectivity index (χ3n) is 4.46. The number of carbonyl (C=O) groups is 1. The van der Waals surface area contributed by atoms with Crippen molar-refractivity contribution < 1.29 is 14.3 Å². The number of fused-ring (bicyclic) bond motifs is 1. The molecule has 2 aromatic carbocycles. The SMILES string of the molecule is Cc1cc(C)c(NC(=O)c2ccc(Nc3ccc4c(c3)OCO4)nn2)c(C)c1. The number of anilines is 3. The summed E-state index contributed by atoms with van der Waals surface area (Å²) >= 11 is 0. The van der Waals surface area contributed by atoms with Crippen LogP contribution in [0.25, 0.3) is 0 Å². The van der Waals surface area contributed by atoms with Gasteiger partial charge in [0, 0.05) is 17.4 Å². The summed E-state index contributed by atoms with van der Waals surface area (Å²) in [5.41, 5.74) is 5.03. The van der Waals surface area contributed by atoms with Gasteiger partial charge in [0.05, 0.1) is 0 Å². The molecule has 0 saturated carbocycles. The molecule has 0 atom stereocenters. The van der Waals surface area contributed by atoms with Gasteiger partial charge < -0.3 is 20.1 Å². The van der Waals surface area contributed by atoms with E-state index in [1.165, 1.54) is 0 Å². The molecule has 2 N–H and O–H groups in total. The maximum Gasteiger partial charge on any atom is 0.276 e. The van der Waals surface area contributed by atoms with Gasteiger partial charge in [0.1, 0.15) is 0 Å². The molecule has 0 spiro atoms. The minimum absolute atomic E-state index is 0.225. The number of amides is 1. The lowest BCUT2D eigenvalue weighted by atomic mass is 10.1. The zero-order valence-corrected chi connectivity index (χ0v) is 15.9. The van der Waals surface area contributed by atoms with Crippen molar-refractivity contribution in [3.8, 4) is 11.5 Å². The molecule has 2 heterocycles. The van der Waals surface area contributed by atoms with Gasteiger partial charge in [0.2, 0.25) is 6.79 Å². The first-order valence-corrected chi connectivity index (χ1v) is 8.89. The quantitative estimate of drug-likeness (QED) is 0.712. The molecule has 0 bridgehead atoms. The standard InChI is InChI=1S/C21H20N4O3/c1-12-8-13(2)20(14(3)9-12)23-21(26)16-5-7-19(25-24-16)22-15-4-6-17-18(10-15)28-11-27-17/h4-10H,11H2,1-3H3,(H,22,25)(H,23,26). The highest BCUT2D eigenvalue weighted by atomic mass is 16.7. The Labute approximate surface area is 162 Å². The van der Waals surface area contributed by atoms with Crippen molar-refractivity contribution in [3.05, 3.63) is 64.8 Å². The second-order valence-corrected chi connectivity index (χ2v) is 6.72. The van der Waals surface area contributed by atoms with Gasteiger partial charge in [-0.25, -0.2) is 0 Å². The van der Waals surface area contributed by atoms with E-state index in [1.54, 1.807) is 12.1 Å². The van der Waals surface area contributed by atoms with E-state index in [1.807, 2.05) is 51.1 Å². The topological polar surface area (TPSA) is 85.4 Å². The third kappa shape index (κ3) is 3.59. The molecular formula is C21H20N4O3. The van der Waals surface area contributed by atoms with Crippen LogP contribution < -0.4 is 20.1 Å². The van der Waals surface area contributed by atoms with Gasteiger partial charge in [0.15, 0.2) is 23.0 Å². The van der Waals surface area contributed by atoms with Crippen LogP contribution in [0.1, 0.15) is 27.2 Å². The molecular weight excluding hydrogens is 356 g/mol. The van der Waals surface area contributed by atoms with Crippen LogP contribution in [0.2, 0.25) is 0 Å². The molecule has 0 aliphatic carbocycles. The Morgan fingerprint density at radius 2 is 1.68 bits per heavy atom. The van der Waals surface area contributed by atoms with Gasteiger partial charge >= 0.3 is 0 Å². The second-order valence-electron chi connectivity index (χ2n) is 6.72. The van der Waals surface area contributed by atoms with E-state index in [-0.39, 0.29) is 18.4 Å². The van der Waals surface area contributed by atoms with E-state index in [0.717, 1.165) is 28.1 Å². The predicted molar refractivity (Wildman–Crippen MR) is 106 cm³/mol. The first-order chi connectivity index (χ1) is 13.5. The van der Waals surface area contributed by atoms with E-state index < -0.39 is 0 Å². The van der Waals surface area contributed by atoms with E-state index in [0.29, 0.717) is 17.3 Å². The van der Waals surface area contributed by atoms with Gasteiger partial charge in [0.25, 0.3) is 5.91 Å². The van der Waals surface area contributed by atoms with E-state index in [9.17, 15) is 4.79 Å². The summed E-state index contributed by atoms with van der Waals surface area (Å²) in [6, 6.07) is 12.9. The van der Waals surface area contributed by atoms with Crippen LogP contribution in [0.15, 0.2) is 42.5 Å². The highest BCUT2D eigenvalue weighted by molar-refractivity contribution is 6.03. The fraction of sp³-hybridized carbons (Fsp3) is 0.190. The van der Waals surface area contributed by atoms with Crippen LogP contribution in [0.5, 0.6) is 11.5 Å². The van der Waals surface area contributed by atoms with Crippen LogP contribution in [0.4, 0.5) is 17.2 Å². The summed E-state index contributed by atoms with van der Waals surface area (Å²) in [5, 5.41) is 14.2. The highest BCUT2D eigenvalue weighted by Gasteiger charge is 2.15. The molecule has 1 aromatic heterocycles. The molecule has 0 fully saturated rings. The molecule has 0 unspecified atom stereocenters. The summed E-state index contributed by atoms with van der Waals surface area (Å²) in [6.07, 6.45) is 0. The lowest BCUT2D eigenvalue weighted by molar-refractivity contribution is 0.102. The first kappa shape index (κ1) is 17.8. The Morgan fingerprint density at radius 1 is 0.929 bits per heavy atom. The number of carbonyl (C=O) groups excluding carboxylic acids is 1. The summed E-state index contributed by atoms with van der Waals surface area (Å²) in [4.78, 5) is 12.5. The predicted octanol–water partition coefficient (Wildman–Crippen LogP) is 4.13. The molecule has 4 rings (SSSR count). The largest absolute Gasteiger partial charge is 0.454 e. The van der Waals surface area contributed by atoms with E-state index >= 15 is 0 Å². The lowest BCUT2D eigenvalue weighted by Crippen LogP contribution is -2.16. The Bertz CT molecular complexity index is 1030. The van der Waals surface area contributed by atoms with Crippen LogP contribution in [0.3, 0.4) is 0 Å². The molecule has 1 aliphatic rings. The number of aromatic nitrogens is 2. The Morgan fingerprint density at radius 3 is 2.39 bits per heavy atom. The normalized spacial score (nSPS) is 12.0. The summed E-state index contributed by atoms with van der Waals surface area (Å²) in [6.45, 7) is 6.20. The zero-order valence-electron chi connectivity index (χ0n) is 15.9. The van der Waals surface area contributed by atoms with Crippen molar-refractivity contribution in [2.24, 2.45) is 0 Å².